The van der Waals surface area contributed by atoms with E-state index < -0.39 is 10.4 Å². The predicted octanol–water partition coefficient (Wildman–Crippen LogP) is 2.73. The molecule has 0 aliphatic carbocycles. The number of pyridine rings is 1. The summed E-state index contributed by atoms with van der Waals surface area (Å²) in [5, 5.41) is 16.1. The number of hydrazine groups is 1. The molecule has 3 N–H and O–H groups in total. The van der Waals surface area contributed by atoms with Crippen molar-refractivity contribution in [3.63, 3.8) is 0 Å². The van der Waals surface area contributed by atoms with Gasteiger partial charge in [-0.25, -0.2) is 4.98 Å². The van der Waals surface area contributed by atoms with Crippen molar-refractivity contribution in [2.75, 3.05) is 17.4 Å². The zero-order chi connectivity index (χ0) is 21.0. The van der Waals surface area contributed by atoms with Crippen LogP contribution in [0.5, 0.6) is 0 Å². The summed E-state index contributed by atoms with van der Waals surface area (Å²) < 4.78 is -1.28. The molecule has 1 aliphatic heterocycles. The standard InChI is InChI=1S/C19H16BrClN6O2/c1-23-17(28)13-11-12(6-8-22)4-5-15(13)25-18(29)19(20)7-10-27(26-19)16-14(21)3-2-9-24-16/h2-5,7,9-11,26H,6H2,1H3,(H,23,28)(H,25,29). The maximum absolute atomic E-state index is 12.9. The number of rotatable bonds is 5. The summed E-state index contributed by atoms with van der Waals surface area (Å²) in [4.78, 5) is 29.4. The number of nitrogens with zero attached hydrogens (tertiary/aromatic N) is 3. The zero-order valence-corrected chi connectivity index (χ0v) is 17.6. The van der Waals surface area contributed by atoms with Gasteiger partial charge in [0.25, 0.3) is 11.8 Å². The van der Waals surface area contributed by atoms with Crippen molar-refractivity contribution in [1.29, 1.82) is 5.26 Å². The van der Waals surface area contributed by atoms with Crippen molar-refractivity contribution in [3.05, 3.63) is 65.0 Å². The zero-order valence-electron chi connectivity index (χ0n) is 15.2. The highest BCUT2D eigenvalue weighted by atomic mass is 79.9. The first-order valence-corrected chi connectivity index (χ1v) is 9.64. The maximum atomic E-state index is 12.9. The van der Waals surface area contributed by atoms with E-state index in [0.717, 1.165) is 0 Å². The fourth-order valence-corrected chi connectivity index (χ4v) is 3.29. The van der Waals surface area contributed by atoms with Crippen LogP contribution in [0.3, 0.4) is 0 Å². The van der Waals surface area contributed by atoms with Crippen LogP contribution in [0.4, 0.5) is 11.5 Å². The lowest BCUT2D eigenvalue weighted by atomic mass is 10.1. The van der Waals surface area contributed by atoms with Crippen LogP contribution in [0.1, 0.15) is 15.9 Å². The molecule has 2 heterocycles. The van der Waals surface area contributed by atoms with Crippen LogP contribution < -0.4 is 21.1 Å². The first-order chi connectivity index (χ1) is 13.9. The summed E-state index contributed by atoms with van der Waals surface area (Å²) >= 11 is 9.54. The van der Waals surface area contributed by atoms with Gasteiger partial charge in [-0.2, -0.15) is 10.7 Å². The van der Waals surface area contributed by atoms with E-state index in [0.29, 0.717) is 22.1 Å². The quantitative estimate of drug-likeness (QED) is 0.453. The van der Waals surface area contributed by atoms with Gasteiger partial charge in [0.2, 0.25) is 0 Å². The number of nitriles is 1. The average molecular weight is 476 g/mol. The topological polar surface area (TPSA) is 110 Å². The number of anilines is 2. The molecule has 2 amide bonds. The molecule has 1 unspecified atom stereocenters. The smallest absolute Gasteiger partial charge is 0.261 e. The van der Waals surface area contributed by atoms with E-state index in [-0.39, 0.29) is 17.9 Å². The molecular formula is C19H16BrClN6O2. The molecule has 148 valence electrons. The predicted molar refractivity (Wildman–Crippen MR) is 113 cm³/mol. The second kappa shape index (κ2) is 8.61. The van der Waals surface area contributed by atoms with E-state index in [9.17, 15) is 9.59 Å². The molecule has 0 bridgehead atoms. The third kappa shape index (κ3) is 4.40. The summed E-state index contributed by atoms with van der Waals surface area (Å²) in [5.41, 5.74) is 4.23. The molecule has 0 radical (unpaired) electrons. The molecular weight excluding hydrogens is 460 g/mol. The molecule has 10 heteroatoms. The lowest BCUT2D eigenvalue weighted by Crippen LogP contribution is -2.50. The maximum Gasteiger partial charge on any atom is 0.261 e. The fraction of sp³-hybridized carbons (Fsp3) is 0.158. The second-order valence-electron chi connectivity index (χ2n) is 6.07. The summed E-state index contributed by atoms with van der Waals surface area (Å²) in [6.07, 6.45) is 4.96. The number of alkyl halides is 1. The highest BCUT2D eigenvalue weighted by Gasteiger charge is 2.39. The summed E-state index contributed by atoms with van der Waals surface area (Å²) in [5.74, 6) is -0.395. The Morgan fingerprint density at radius 2 is 2.21 bits per heavy atom. The molecule has 29 heavy (non-hydrogen) atoms. The van der Waals surface area contributed by atoms with Gasteiger partial charge in [0.1, 0.15) is 0 Å². The van der Waals surface area contributed by atoms with Gasteiger partial charge in [0, 0.05) is 19.4 Å². The number of aromatic nitrogens is 1. The monoisotopic (exact) mass is 474 g/mol. The van der Waals surface area contributed by atoms with E-state index in [1.165, 1.54) is 12.1 Å². The molecule has 1 aliphatic rings. The summed E-state index contributed by atoms with van der Waals surface area (Å²) in [7, 11) is 1.49. The summed E-state index contributed by atoms with van der Waals surface area (Å²) in [6.45, 7) is 0. The Bertz CT molecular complexity index is 1040. The normalized spacial score (nSPS) is 17.7. The number of carbonyl (C=O) groups excluding carboxylic acids is 2. The van der Waals surface area contributed by atoms with Crippen LogP contribution in [-0.4, -0.2) is 28.3 Å². The minimum Gasteiger partial charge on any atom is -0.355 e. The molecule has 1 atom stereocenters. The minimum atomic E-state index is -1.28. The molecule has 8 nitrogen and oxygen atoms in total. The van der Waals surface area contributed by atoms with Crippen LogP contribution in [0.15, 0.2) is 48.8 Å². The Kier molecular flexibility index (Phi) is 6.17. The highest BCUT2D eigenvalue weighted by Crippen LogP contribution is 2.31. The molecule has 0 saturated heterocycles. The largest absolute Gasteiger partial charge is 0.355 e. The first-order valence-electron chi connectivity index (χ1n) is 8.47. The minimum absolute atomic E-state index is 0.157. The number of carbonyl (C=O) groups is 2. The van der Waals surface area contributed by atoms with E-state index in [1.807, 2.05) is 6.07 Å². The second-order valence-corrected chi connectivity index (χ2v) is 7.72. The van der Waals surface area contributed by atoms with Gasteiger partial charge in [0.05, 0.1) is 28.8 Å². The number of hydrogen-bond acceptors (Lipinski definition) is 6. The van der Waals surface area contributed by atoms with Crippen molar-refractivity contribution < 1.29 is 9.59 Å². The summed E-state index contributed by atoms with van der Waals surface area (Å²) in [6, 6.07) is 10.3. The van der Waals surface area contributed by atoms with Crippen molar-refractivity contribution in [3.8, 4) is 6.07 Å². The molecule has 1 aromatic carbocycles. The molecule has 0 saturated carbocycles. The van der Waals surface area contributed by atoms with Crippen molar-refractivity contribution in [2.45, 2.75) is 10.9 Å². The van der Waals surface area contributed by atoms with E-state index in [2.05, 4.69) is 37.0 Å². The van der Waals surface area contributed by atoms with Crippen molar-refractivity contribution in [1.82, 2.24) is 15.7 Å². The Hall–Kier alpha value is -2.93. The van der Waals surface area contributed by atoms with Gasteiger partial charge in [-0.1, -0.05) is 33.6 Å². The number of halogens is 2. The van der Waals surface area contributed by atoms with E-state index >= 15 is 0 Å². The Morgan fingerprint density at radius 3 is 2.90 bits per heavy atom. The third-order valence-corrected chi connectivity index (χ3v) is 5.22. The Morgan fingerprint density at radius 1 is 1.41 bits per heavy atom. The van der Waals surface area contributed by atoms with Gasteiger partial charge in [-0.05, 0) is 35.9 Å². The molecule has 0 spiro atoms. The SMILES string of the molecule is CNC(=O)c1cc(CC#N)ccc1NC(=O)C1(Br)C=CN(c2ncccc2Cl)N1. The first kappa shape index (κ1) is 20.8. The number of nitrogens with one attached hydrogen (secondary N) is 3. The molecule has 0 fully saturated rings. The number of amides is 2. The molecule has 2 aromatic rings. The van der Waals surface area contributed by atoms with Crippen molar-refractivity contribution in [2.24, 2.45) is 0 Å². The van der Waals surface area contributed by atoms with Crippen LogP contribution in [-0.2, 0) is 11.2 Å². The average Bonchev–Trinajstić information content (AvgIpc) is 3.12. The van der Waals surface area contributed by atoms with Crippen LogP contribution in [0.2, 0.25) is 5.02 Å². The van der Waals surface area contributed by atoms with E-state index in [1.54, 1.807) is 48.8 Å². The van der Waals surface area contributed by atoms with Crippen LogP contribution in [0.25, 0.3) is 0 Å². The van der Waals surface area contributed by atoms with Gasteiger partial charge < -0.3 is 10.6 Å². The van der Waals surface area contributed by atoms with Gasteiger partial charge in [-0.3, -0.25) is 14.6 Å². The lowest BCUT2D eigenvalue weighted by molar-refractivity contribution is -0.117. The Balaban J connectivity index is 1.82. The highest BCUT2D eigenvalue weighted by molar-refractivity contribution is 9.10. The van der Waals surface area contributed by atoms with Crippen LogP contribution >= 0.6 is 27.5 Å². The van der Waals surface area contributed by atoms with Gasteiger partial charge >= 0.3 is 0 Å². The van der Waals surface area contributed by atoms with E-state index in [4.69, 9.17) is 16.9 Å². The molecule has 3 rings (SSSR count). The van der Waals surface area contributed by atoms with Crippen LogP contribution in [0, 0.1) is 11.3 Å². The molecule has 1 aromatic heterocycles. The number of hydrogen-bond donors (Lipinski definition) is 3. The van der Waals surface area contributed by atoms with Gasteiger partial charge in [0.15, 0.2) is 10.3 Å². The third-order valence-electron chi connectivity index (χ3n) is 4.12. The van der Waals surface area contributed by atoms with Crippen molar-refractivity contribution >= 4 is 50.9 Å². The Labute approximate surface area is 180 Å². The number of benzene rings is 1. The van der Waals surface area contributed by atoms with Gasteiger partial charge in [-0.15, -0.1) is 0 Å². The fourth-order valence-electron chi connectivity index (χ4n) is 2.67. The lowest BCUT2D eigenvalue weighted by Gasteiger charge is -2.25.